The molecule has 3 heteroatoms. The van der Waals surface area contributed by atoms with Gasteiger partial charge in [-0.15, -0.1) is 0 Å². The van der Waals surface area contributed by atoms with Crippen LogP contribution in [0.5, 0.6) is 0 Å². The second kappa shape index (κ2) is 5.10. The summed E-state index contributed by atoms with van der Waals surface area (Å²) in [6.45, 7) is 5.61. The molecule has 0 amide bonds. The van der Waals surface area contributed by atoms with Crippen LogP contribution in [0.1, 0.15) is 33.6 Å². The molecule has 0 saturated heterocycles. The third kappa shape index (κ3) is 4.76. The highest BCUT2D eigenvalue weighted by atomic mass is 16.4. The Morgan fingerprint density at radius 2 is 2.15 bits per heavy atom. The smallest absolute Gasteiger partial charge is 0.309 e. The third-order valence-corrected chi connectivity index (χ3v) is 2.11. The van der Waals surface area contributed by atoms with Crippen LogP contribution in [0.15, 0.2) is 12.2 Å². The topological polar surface area (TPSA) is 37.3 Å². The van der Waals surface area contributed by atoms with E-state index in [1.807, 2.05) is 0 Å². The van der Waals surface area contributed by atoms with Crippen molar-refractivity contribution < 1.29 is 9.90 Å². The van der Waals surface area contributed by atoms with E-state index in [4.69, 9.17) is 5.11 Å². The molecule has 0 aromatic rings. The molecule has 1 atom stereocenters. The summed E-state index contributed by atoms with van der Waals surface area (Å²) < 4.78 is 0. The largest absolute Gasteiger partial charge is 0.481 e. The Morgan fingerprint density at radius 1 is 1.62 bits per heavy atom. The number of hydrogen-bond acceptors (Lipinski definition) is 1. The highest BCUT2D eigenvalue weighted by molar-refractivity contribution is 6.13. The quantitative estimate of drug-likeness (QED) is 0.520. The number of carboxylic acids is 1. The predicted molar refractivity (Wildman–Crippen MR) is 57.8 cm³/mol. The van der Waals surface area contributed by atoms with E-state index >= 15 is 0 Å². The van der Waals surface area contributed by atoms with E-state index in [-0.39, 0.29) is 0 Å². The van der Waals surface area contributed by atoms with Gasteiger partial charge in [-0.25, -0.2) is 0 Å². The Balaban J connectivity index is 4.11. The molecule has 0 aromatic carbocycles. The Kier molecular flexibility index (Phi) is 4.82. The number of rotatable bonds is 5. The van der Waals surface area contributed by atoms with Crippen molar-refractivity contribution >= 4 is 13.8 Å². The van der Waals surface area contributed by atoms with Crippen molar-refractivity contribution in [2.24, 2.45) is 5.41 Å². The van der Waals surface area contributed by atoms with Crippen LogP contribution in [0, 0.1) is 5.41 Å². The van der Waals surface area contributed by atoms with Crippen molar-refractivity contribution in [2.75, 3.05) is 0 Å². The van der Waals surface area contributed by atoms with Gasteiger partial charge >= 0.3 is 5.97 Å². The summed E-state index contributed by atoms with van der Waals surface area (Å²) in [5, 5.41) is 8.89. The van der Waals surface area contributed by atoms with Gasteiger partial charge < -0.3 is 5.11 Å². The molecule has 2 nitrogen and oxygen atoms in total. The molecule has 0 aromatic heterocycles. The molecule has 13 heavy (non-hydrogen) atoms. The summed E-state index contributed by atoms with van der Waals surface area (Å²) >= 11 is 0. The van der Waals surface area contributed by atoms with Crippen molar-refractivity contribution in [1.29, 1.82) is 0 Å². The molecule has 0 saturated carbocycles. The fraction of sp³-hybridized carbons (Fsp3) is 0.700. The van der Waals surface area contributed by atoms with Gasteiger partial charge in [0, 0.05) is 0 Å². The third-order valence-electron chi connectivity index (χ3n) is 2.11. The second-order valence-electron chi connectivity index (χ2n) is 4.21. The minimum atomic E-state index is -0.718. The molecule has 1 unspecified atom stereocenters. The lowest BCUT2D eigenvalue weighted by Crippen LogP contribution is -2.24. The summed E-state index contributed by atoms with van der Waals surface area (Å²) in [7, 11) is 2.05. The average molecular weight is 182 g/mol. The van der Waals surface area contributed by atoms with Gasteiger partial charge in [0.2, 0.25) is 0 Å². The Labute approximate surface area is 81.4 Å². The molecule has 0 spiro atoms. The number of allylic oxidation sites excluding steroid dienone is 2. The average Bonchev–Trinajstić information content (AvgIpc) is 1.99. The molecule has 0 aliphatic carbocycles. The van der Waals surface area contributed by atoms with Crippen LogP contribution < -0.4 is 0 Å². The number of aliphatic carboxylic acids is 1. The molecule has 0 bridgehead atoms. The summed E-state index contributed by atoms with van der Waals surface area (Å²) in [5.74, 6) is -0.379. The van der Waals surface area contributed by atoms with Gasteiger partial charge in [0.05, 0.1) is 5.41 Å². The molecular weight excluding hydrogens is 163 g/mol. The first-order valence-electron chi connectivity index (χ1n) is 4.80. The summed E-state index contributed by atoms with van der Waals surface area (Å²) in [4.78, 5) is 10.8. The van der Waals surface area contributed by atoms with E-state index in [2.05, 4.69) is 26.9 Å². The van der Waals surface area contributed by atoms with Gasteiger partial charge in [-0.1, -0.05) is 24.9 Å². The zero-order valence-electron chi connectivity index (χ0n) is 9.00. The standard InChI is InChI=1S/C10H19BO2/c1-4-5-6-8(11)7-10(2,3)9(12)13/h5-6,8H,4,7,11H2,1-3H3,(H,12,13)/b6-5+. The first kappa shape index (κ1) is 12.3. The fourth-order valence-corrected chi connectivity index (χ4v) is 1.33. The molecule has 0 aliphatic heterocycles. The van der Waals surface area contributed by atoms with E-state index in [1.165, 1.54) is 0 Å². The van der Waals surface area contributed by atoms with Crippen molar-refractivity contribution in [3.8, 4) is 0 Å². The van der Waals surface area contributed by atoms with Gasteiger partial charge in [0.1, 0.15) is 7.85 Å². The lowest BCUT2D eigenvalue weighted by molar-refractivity contribution is -0.147. The fourth-order valence-electron chi connectivity index (χ4n) is 1.33. The minimum Gasteiger partial charge on any atom is -0.481 e. The highest BCUT2D eigenvalue weighted by Crippen LogP contribution is 2.27. The van der Waals surface area contributed by atoms with Crippen LogP contribution in [0.25, 0.3) is 0 Å². The maximum atomic E-state index is 10.8. The van der Waals surface area contributed by atoms with Crippen LogP contribution in [0.4, 0.5) is 0 Å². The predicted octanol–water partition coefficient (Wildman–Crippen LogP) is 1.88. The van der Waals surface area contributed by atoms with Crippen LogP contribution in [0.2, 0.25) is 5.82 Å². The first-order valence-corrected chi connectivity index (χ1v) is 4.80. The Morgan fingerprint density at radius 3 is 2.54 bits per heavy atom. The van der Waals surface area contributed by atoms with Gasteiger partial charge in [-0.3, -0.25) is 4.79 Å². The lowest BCUT2D eigenvalue weighted by atomic mass is 9.73. The Bertz CT molecular complexity index is 197. The van der Waals surface area contributed by atoms with Gasteiger partial charge in [0.15, 0.2) is 0 Å². The molecule has 0 aliphatic rings. The summed E-state index contributed by atoms with van der Waals surface area (Å²) in [6.07, 6.45) is 5.88. The zero-order chi connectivity index (χ0) is 10.5. The van der Waals surface area contributed by atoms with Crippen LogP contribution >= 0.6 is 0 Å². The number of carbonyl (C=O) groups is 1. The van der Waals surface area contributed by atoms with Gasteiger partial charge in [-0.2, -0.15) is 0 Å². The number of hydrogen-bond donors (Lipinski definition) is 1. The van der Waals surface area contributed by atoms with Gasteiger partial charge in [0.25, 0.3) is 0 Å². The van der Waals surface area contributed by atoms with Crippen molar-refractivity contribution in [2.45, 2.75) is 39.4 Å². The van der Waals surface area contributed by atoms with Crippen LogP contribution in [-0.2, 0) is 4.79 Å². The van der Waals surface area contributed by atoms with E-state index in [1.54, 1.807) is 13.8 Å². The van der Waals surface area contributed by atoms with Crippen LogP contribution in [-0.4, -0.2) is 18.9 Å². The second-order valence-corrected chi connectivity index (χ2v) is 4.21. The summed E-state index contributed by atoms with van der Waals surface area (Å²) in [6, 6.07) is 0. The normalized spacial score (nSPS) is 14.7. The number of carboxylic acid groups (broad SMARTS) is 1. The van der Waals surface area contributed by atoms with Crippen molar-refractivity contribution in [1.82, 2.24) is 0 Å². The Hall–Kier alpha value is -0.725. The summed E-state index contributed by atoms with van der Waals surface area (Å²) in [5.41, 5.74) is -0.614. The monoisotopic (exact) mass is 182 g/mol. The van der Waals surface area contributed by atoms with Crippen molar-refractivity contribution in [3.05, 3.63) is 12.2 Å². The minimum absolute atomic E-state index is 0.339. The molecule has 0 radical (unpaired) electrons. The van der Waals surface area contributed by atoms with E-state index in [0.717, 1.165) is 6.42 Å². The van der Waals surface area contributed by atoms with Gasteiger partial charge in [-0.05, 0) is 26.7 Å². The molecule has 0 heterocycles. The first-order chi connectivity index (χ1) is 5.90. The SMILES string of the molecule is BC(/C=C/CC)CC(C)(C)C(=O)O. The van der Waals surface area contributed by atoms with E-state index in [9.17, 15) is 4.79 Å². The van der Waals surface area contributed by atoms with Crippen molar-refractivity contribution in [3.63, 3.8) is 0 Å². The maximum absolute atomic E-state index is 10.8. The molecule has 74 valence electrons. The maximum Gasteiger partial charge on any atom is 0.309 e. The highest BCUT2D eigenvalue weighted by Gasteiger charge is 2.28. The van der Waals surface area contributed by atoms with Crippen LogP contribution in [0.3, 0.4) is 0 Å². The molecule has 0 fully saturated rings. The molecule has 1 N–H and O–H groups in total. The zero-order valence-corrected chi connectivity index (χ0v) is 9.00. The van der Waals surface area contributed by atoms with E-state index < -0.39 is 11.4 Å². The molecular formula is C10H19BO2. The van der Waals surface area contributed by atoms with E-state index in [0.29, 0.717) is 12.2 Å². The lowest BCUT2D eigenvalue weighted by Gasteiger charge is -2.21. The molecule has 0 rings (SSSR count).